The number of hydrogen-bond acceptors (Lipinski definition) is 13. The Kier molecular flexibility index (Phi) is 16.4. The van der Waals surface area contributed by atoms with E-state index in [1.165, 1.54) is 24.8 Å². The van der Waals surface area contributed by atoms with Crippen LogP contribution in [0.15, 0.2) is 132 Å². The highest BCUT2D eigenvalue weighted by atomic mass is 16.5. The molecule has 0 aliphatic carbocycles. The number of rotatable bonds is 24. The van der Waals surface area contributed by atoms with Crippen molar-refractivity contribution in [3.8, 4) is 34.2 Å². The predicted molar refractivity (Wildman–Crippen MR) is 252 cm³/mol. The van der Waals surface area contributed by atoms with Gasteiger partial charge in [0.05, 0.1) is 25.5 Å². The predicted octanol–water partition coefficient (Wildman–Crippen LogP) is 7.91. The van der Waals surface area contributed by atoms with Gasteiger partial charge in [-0.2, -0.15) is 10.2 Å². The number of nitrogens with zero attached hydrogens (tertiary/aromatic N) is 4. The van der Waals surface area contributed by atoms with Crippen LogP contribution in [0.1, 0.15) is 36.1 Å². The average Bonchev–Trinajstić information content (AvgIpc) is 4.20. The van der Waals surface area contributed by atoms with Gasteiger partial charge in [-0.15, -0.1) is 0 Å². The molecule has 1 unspecified atom stereocenters. The molecule has 15 nitrogen and oxygen atoms in total. The van der Waals surface area contributed by atoms with Crippen molar-refractivity contribution in [1.82, 2.24) is 30.6 Å². The first-order valence-corrected chi connectivity index (χ1v) is 22.4. The minimum atomic E-state index is -0.583. The molecule has 2 fully saturated rings. The van der Waals surface area contributed by atoms with Crippen LogP contribution in [0, 0.1) is 0 Å². The van der Waals surface area contributed by atoms with Gasteiger partial charge in [0.2, 0.25) is 0 Å². The molecule has 2 saturated heterocycles. The van der Waals surface area contributed by atoms with Crippen molar-refractivity contribution in [2.45, 2.75) is 45.2 Å². The average molecular weight is 882 g/mol. The molecule has 3 aromatic heterocycles. The Morgan fingerprint density at radius 2 is 1.69 bits per heavy atom. The number of morpholine rings is 1. The van der Waals surface area contributed by atoms with Crippen LogP contribution in [-0.4, -0.2) is 97.2 Å². The minimum Gasteiger partial charge on any atom is -0.493 e. The first kappa shape index (κ1) is 44.9. The Hall–Kier alpha value is -6.74. The fourth-order valence-corrected chi connectivity index (χ4v) is 7.75. The molecule has 8 rings (SSSR count). The van der Waals surface area contributed by atoms with E-state index in [0.717, 1.165) is 84.4 Å². The molecule has 1 atom stereocenters. The number of nitrogens with one attached hydrogen (secondary N) is 4. The summed E-state index contributed by atoms with van der Waals surface area (Å²) in [6.45, 7) is 9.25. The molecule has 65 heavy (non-hydrogen) atoms. The summed E-state index contributed by atoms with van der Waals surface area (Å²) in [6, 6.07) is 27.7. The molecular formula is C50H59N9O6. The quantitative estimate of drug-likeness (QED) is 0.00993. The maximum Gasteiger partial charge on any atom is 0.155 e. The summed E-state index contributed by atoms with van der Waals surface area (Å²) in [7, 11) is 0. The number of ether oxygens (including phenoxy) is 5. The van der Waals surface area contributed by atoms with Crippen LogP contribution in [0.25, 0.3) is 22.7 Å². The summed E-state index contributed by atoms with van der Waals surface area (Å²) in [4.78, 5) is 4.81. The Balaban J connectivity index is 0.896. The van der Waals surface area contributed by atoms with Crippen molar-refractivity contribution >= 4 is 17.1 Å². The number of furan rings is 1. The third-order valence-corrected chi connectivity index (χ3v) is 11.1. The fourth-order valence-electron chi connectivity index (χ4n) is 7.75. The van der Waals surface area contributed by atoms with Crippen LogP contribution in [-0.2, 0) is 34.0 Å². The second kappa shape index (κ2) is 23.8. The first-order valence-electron chi connectivity index (χ1n) is 22.4. The number of hydrogen-bond donors (Lipinski definition) is 5. The largest absolute Gasteiger partial charge is 0.493 e. The standard InChI is InChI=1S/C50H59N9O6/c51-41-11-15-48(63-31-24-58-22-3-4-23-58)40(32-41)36-61-27-7-10-50(64-37-44-13-16-49(65-44)46-18-21-54-57-46)55-42-12-14-47(59-25-29-60-30-26-59)39(33-42)35-52-19-2-1-5-28-62-43-9-6-8-38(34-43)45-17-20-53-56-45/h1-2,6,8-18,20-21,27,32-34,50,52,55H,3-5,19,22-26,28-31,35-37,51H2,(H,53,56)(H,54,57)/b2-1-. The normalized spacial score (nSPS) is 14.6. The maximum atomic E-state index is 6.40. The minimum absolute atomic E-state index is 0.210. The molecule has 0 radical (unpaired) electrons. The van der Waals surface area contributed by atoms with Gasteiger partial charge in [0.25, 0.3) is 0 Å². The van der Waals surface area contributed by atoms with Crippen molar-refractivity contribution in [3.05, 3.63) is 144 Å². The van der Waals surface area contributed by atoms with Crippen LogP contribution in [0.2, 0.25) is 0 Å². The van der Waals surface area contributed by atoms with Gasteiger partial charge in [0.15, 0.2) is 12.0 Å². The van der Waals surface area contributed by atoms with Crippen LogP contribution < -0.4 is 30.7 Å². The van der Waals surface area contributed by atoms with Crippen LogP contribution in [0.4, 0.5) is 17.1 Å². The van der Waals surface area contributed by atoms with Crippen LogP contribution >= 0.6 is 0 Å². The monoisotopic (exact) mass is 881 g/mol. The molecule has 2 aliphatic rings. The van der Waals surface area contributed by atoms with E-state index in [-0.39, 0.29) is 13.2 Å². The second-order valence-corrected chi connectivity index (χ2v) is 15.8. The van der Waals surface area contributed by atoms with Gasteiger partial charge in [-0.05, 0) is 111 Å². The molecule has 0 saturated carbocycles. The van der Waals surface area contributed by atoms with Gasteiger partial charge in [-0.3, -0.25) is 15.1 Å². The maximum absolute atomic E-state index is 6.40. The van der Waals surface area contributed by atoms with Crippen molar-refractivity contribution < 1.29 is 28.1 Å². The molecule has 5 heterocycles. The van der Waals surface area contributed by atoms with Gasteiger partial charge in [0.1, 0.15) is 49.0 Å². The lowest BCUT2D eigenvalue weighted by Gasteiger charge is -2.31. The van der Waals surface area contributed by atoms with E-state index in [1.54, 1.807) is 18.5 Å². The molecule has 0 bridgehead atoms. The Bertz CT molecular complexity index is 2430. The molecule has 0 spiro atoms. The number of benzene rings is 3. The summed E-state index contributed by atoms with van der Waals surface area (Å²) < 4.78 is 36.3. The summed E-state index contributed by atoms with van der Waals surface area (Å²) in [5.74, 6) is 2.95. The number of nitrogens with two attached hydrogens (primary N) is 1. The highest BCUT2D eigenvalue weighted by Crippen LogP contribution is 2.28. The fraction of sp³-hybridized carbons (Fsp3) is 0.340. The van der Waals surface area contributed by atoms with Gasteiger partial charge in [-0.1, -0.05) is 30.0 Å². The lowest BCUT2D eigenvalue weighted by molar-refractivity contribution is 0.0773. The zero-order chi connectivity index (χ0) is 44.3. The summed E-state index contributed by atoms with van der Waals surface area (Å²) >= 11 is 0. The molecular weight excluding hydrogens is 823 g/mol. The zero-order valence-electron chi connectivity index (χ0n) is 36.8. The molecule has 6 N–H and O–H groups in total. The summed E-state index contributed by atoms with van der Waals surface area (Å²) in [6.07, 6.45) is 13.8. The van der Waals surface area contributed by atoms with E-state index in [1.807, 2.05) is 66.7 Å². The van der Waals surface area contributed by atoms with E-state index in [4.69, 9.17) is 33.8 Å². The molecule has 6 aromatic rings. The van der Waals surface area contributed by atoms with Crippen molar-refractivity contribution in [2.75, 3.05) is 81.6 Å². The number of H-pyrrole nitrogens is 2. The summed E-state index contributed by atoms with van der Waals surface area (Å²) in [5, 5.41) is 21.2. The first-order chi connectivity index (χ1) is 32.1. The SMILES string of the molecule is Nc1ccc(OCCN2CCCC2)c(COC=C=CC(Nc2ccc(N3CCOCC3)c(CNC/C=C\CCOc3cccc(-c4ccn[nH]4)c3)c2)OCc2ccc(-c3ccn[nH]3)o2)c1. The summed E-state index contributed by atoms with van der Waals surface area (Å²) in [5.41, 5.74) is 16.9. The third-order valence-electron chi connectivity index (χ3n) is 11.1. The van der Waals surface area contributed by atoms with Gasteiger partial charge >= 0.3 is 0 Å². The van der Waals surface area contributed by atoms with E-state index >= 15 is 0 Å². The molecule has 340 valence electrons. The number of likely N-dealkylation sites (tertiary alicyclic amines) is 1. The van der Waals surface area contributed by atoms with Crippen molar-refractivity contribution in [3.63, 3.8) is 0 Å². The third kappa shape index (κ3) is 13.6. The molecule has 0 amide bonds. The van der Waals surface area contributed by atoms with E-state index in [9.17, 15) is 0 Å². The molecule has 15 heteroatoms. The van der Waals surface area contributed by atoms with Crippen LogP contribution in [0.3, 0.4) is 0 Å². The zero-order valence-corrected chi connectivity index (χ0v) is 36.8. The number of aromatic nitrogens is 4. The van der Waals surface area contributed by atoms with Gasteiger partial charge < -0.3 is 49.4 Å². The number of aromatic amines is 2. The van der Waals surface area contributed by atoms with E-state index in [2.05, 4.69) is 76.9 Å². The van der Waals surface area contributed by atoms with Gasteiger partial charge in [0, 0.05) is 79.4 Å². The van der Waals surface area contributed by atoms with Crippen molar-refractivity contribution in [2.24, 2.45) is 0 Å². The lowest BCUT2D eigenvalue weighted by Crippen LogP contribution is -2.37. The number of nitrogen functional groups attached to an aromatic ring is 1. The van der Waals surface area contributed by atoms with E-state index < -0.39 is 6.23 Å². The van der Waals surface area contributed by atoms with Crippen molar-refractivity contribution in [1.29, 1.82) is 0 Å². The Morgan fingerprint density at radius 1 is 0.831 bits per heavy atom. The lowest BCUT2D eigenvalue weighted by atomic mass is 10.1. The van der Waals surface area contributed by atoms with Crippen LogP contribution in [0.5, 0.6) is 11.5 Å². The second-order valence-electron chi connectivity index (χ2n) is 15.8. The Morgan fingerprint density at radius 3 is 2.54 bits per heavy atom. The van der Waals surface area contributed by atoms with E-state index in [0.29, 0.717) is 56.7 Å². The highest BCUT2D eigenvalue weighted by molar-refractivity contribution is 5.62. The Labute approximate surface area is 380 Å². The number of anilines is 3. The topological polar surface area (TPSA) is 173 Å². The highest BCUT2D eigenvalue weighted by Gasteiger charge is 2.17. The molecule has 2 aliphatic heterocycles. The smallest absolute Gasteiger partial charge is 0.155 e. The molecule has 3 aromatic carbocycles. The van der Waals surface area contributed by atoms with Gasteiger partial charge in [-0.25, -0.2) is 0 Å².